The zero-order valence-corrected chi connectivity index (χ0v) is 35.2. The largest absolute Gasteiger partial charge is 0.462 e. The number of esters is 1. The van der Waals surface area contributed by atoms with E-state index in [0.717, 1.165) is 95.8 Å². The Balaban J connectivity index is 1.21. The number of nitrogens with one attached hydrogen (secondary N) is 2. The third-order valence-electron chi connectivity index (χ3n) is 14.1. The lowest BCUT2D eigenvalue weighted by atomic mass is 9.67. The summed E-state index contributed by atoms with van der Waals surface area (Å²) in [6.07, 6.45) is 16.4. The van der Waals surface area contributed by atoms with E-state index >= 15 is 0 Å². The van der Waals surface area contributed by atoms with Crippen molar-refractivity contribution in [1.82, 2.24) is 10.2 Å². The van der Waals surface area contributed by atoms with Crippen molar-refractivity contribution in [2.45, 2.75) is 166 Å². The molecule has 6 aliphatic rings. The van der Waals surface area contributed by atoms with Crippen LogP contribution in [0.2, 0.25) is 0 Å². The monoisotopic (exact) mass is 811 g/mol. The molecular weight excluding hydrogens is 737 g/mol. The van der Waals surface area contributed by atoms with Crippen LogP contribution in [0.1, 0.15) is 129 Å². The number of carbonyl (C=O) groups is 2. The molecular formula is C41H74N6O6S2+2. The molecule has 4 heterocycles. The predicted molar refractivity (Wildman–Crippen MR) is 218 cm³/mol. The first-order chi connectivity index (χ1) is 26.6. The number of carbonyl (C=O) groups excluding carboxylic acids is 2. The van der Waals surface area contributed by atoms with Crippen molar-refractivity contribution in [1.29, 1.82) is 0 Å². The smallest absolute Gasteiger partial charge is 0.341 e. The van der Waals surface area contributed by atoms with Gasteiger partial charge in [0.05, 0.1) is 37.5 Å². The van der Waals surface area contributed by atoms with Gasteiger partial charge in [-0.1, -0.05) is 47.3 Å². The molecule has 14 heteroatoms. The first kappa shape index (κ1) is 43.3. The molecule has 12 unspecified atom stereocenters. The summed E-state index contributed by atoms with van der Waals surface area (Å²) in [5, 5.41) is 28.9. The molecule has 4 bridgehead atoms. The average molecular weight is 811 g/mol. The highest BCUT2D eigenvalue weighted by Crippen LogP contribution is 2.49. The van der Waals surface area contributed by atoms with Gasteiger partial charge in [0.25, 0.3) is 0 Å². The molecule has 10 N–H and O–H groups in total. The van der Waals surface area contributed by atoms with Crippen LogP contribution in [0.5, 0.6) is 0 Å². The number of aliphatic hydroxyl groups is 2. The number of guanidine groups is 1. The highest BCUT2D eigenvalue weighted by atomic mass is 33.1. The summed E-state index contributed by atoms with van der Waals surface area (Å²) < 4.78 is 12.8. The van der Waals surface area contributed by atoms with Crippen LogP contribution < -0.4 is 27.1 Å². The first-order valence-electron chi connectivity index (χ1n) is 22.0. The van der Waals surface area contributed by atoms with Gasteiger partial charge in [-0.3, -0.25) is 31.4 Å². The second kappa shape index (κ2) is 21.1. The molecule has 5 fully saturated rings. The Morgan fingerprint density at radius 2 is 1.84 bits per heavy atom. The van der Waals surface area contributed by atoms with Crippen molar-refractivity contribution in [3.05, 3.63) is 0 Å². The topological polar surface area (TPSA) is 191 Å². The molecule has 4 aliphatic heterocycles. The average Bonchev–Trinajstić information content (AvgIpc) is 3.65. The minimum atomic E-state index is -0.633. The summed E-state index contributed by atoms with van der Waals surface area (Å²) in [4.78, 5) is 31.7. The second-order valence-corrected chi connectivity index (χ2v) is 20.9. The summed E-state index contributed by atoms with van der Waals surface area (Å²) in [6.45, 7) is 4.39. The van der Waals surface area contributed by atoms with Crippen LogP contribution in [0.4, 0.5) is 0 Å². The van der Waals surface area contributed by atoms with E-state index in [1.165, 1.54) is 19.8 Å². The standard InChI is InChI=1S/C41H72N6O6S2/c1-27(48)52-33-12-10-30-20-31(38(51)39-34(30)13-11-29-7-6-9-35(29)53-39)24-47-25-41(23-37(47)50,22-28-14-16-44-36(42)19-28)15-17-45-40(43)46-26-55-54-18-5-3-2-4-8-32(49)21-33/h28-36,38-39,44,49,51H,2-26,42H2,1H3,(H3,43,45,46)/p+2. The molecule has 2 saturated carbocycles. The van der Waals surface area contributed by atoms with Gasteiger partial charge in [-0.2, -0.15) is 0 Å². The summed E-state index contributed by atoms with van der Waals surface area (Å²) in [7, 11) is 3.62. The van der Waals surface area contributed by atoms with E-state index in [4.69, 9.17) is 20.9 Å². The SMILES string of the molecule is CC(=O)OC1CCC2CC(CN3CC(CC4CC[NH2+]C(N)C4)(CCNC(N)=[NH+]CSSCCCCCCC(O)C1)CC3=O)C(O)C1OC3CCCC3CCC21. The molecule has 6 rings (SSSR count). The quantitative estimate of drug-likeness (QED) is 0.163. The number of hydrogen-bond donors (Lipinski definition) is 7. The van der Waals surface area contributed by atoms with Gasteiger partial charge in [0.1, 0.15) is 18.1 Å². The Hall–Kier alpha value is -1.29. The lowest BCUT2D eigenvalue weighted by Gasteiger charge is -2.46. The number of ether oxygens (including phenoxy) is 2. The summed E-state index contributed by atoms with van der Waals surface area (Å²) in [5.41, 5.74) is 12.6. The van der Waals surface area contributed by atoms with Gasteiger partial charge in [0.2, 0.25) is 5.91 Å². The second-order valence-electron chi connectivity index (χ2n) is 18.3. The van der Waals surface area contributed by atoms with Gasteiger partial charge in [-0.25, -0.2) is 0 Å². The zero-order valence-electron chi connectivity index (χ0n) is 33.6. The van der Waals surface area contributed by atoms with E-state index in [1.54, 1.807) is 10.8 Å². The Labute approximate surface area is 338 Å². The van der Waals surface area contributed by atoms with Crippen molar-refractivity contribution >= 4 is 39.4 Å². The van der Waals surface area contributed by atoms with E-state index in [0.29, 0.717) is 69.0 Å². The number of nitrogens with zero attached hydrogens (tertiary/aromatic N) is 1. The molecule has 2 aliphatic carbocycles. The summed E-state index contributed by atoms with van der Waals surface area (Å²) >= 11 is 0. The maximum atomic E-state index is 14.1. The molecule has 12 atom stereocenters. The van der Waals surface area contributed by atoms with Crippen LogP contribution in [0.15, 0.2) is 0 Å². The number of nitrogens with two attached hydrogens (primary N) is 3. The maximum Gasteiger partial charge on any atom is 0.341 e. The third kappa shape index (κ3) is 12.6. The fourth-order valence-corrected chi connectivity index (χ4v) is 13.3. The van der Waals surface area contributed by atoms with E-state index in [9.17, 15) is 19.8 Å². The van der Waals surface area contributed by atoms with Gasteiger partial charge < -0.3 is 29.9 Å². The molecule has 0 aromatic heterocycles. The van der Waals surface area contributed by atoms with Gasteiger partial charge in [-0.05, 0) is 106 Å². The van der Waals surface area contributed by atoms with E-state index in [2.05, 4.69) is 20.5 Å². The number of amides is 1. The van der Waals surface area contributed by atoms with Crippen molar-refractivity contribution in [2.24, 2.45) is 46.5 Å². The number of quaternary nitrogens is 1. The minimum Gasteiger partial charge on any atom is -0.462 e. The van der Waals surface area contributed by atoms with E-state index < -0.39 is 12.2 Å². The molecule has 0 spiro atoms. The third-order valence-corrected chi connectivity index (χ3v) is 16.3. The summed E-state index contributed by atoms with van der Waals surface area (Å²) in [6, 6.07) is 0. The first-order valence-corrected chi connectivity index (χ1v) is 24.5. The Bertz CT molecular complexity index is 1270. The Morgan fingerprint density at radius 1 is 1.00 bits per heavy atom. The van der Waals surface area contributed by atoms with E-state index in [1.807, 2.05) is 10.8 Å². The van der Waals surface area contributed by atoms with Crippen LogP contribution in [-0.2, 0) is 19.1 Å². The summed E-state index contributed by atoms with van der Waals surface area (Å²) in [5.74, 6) is 3.68. The highest BCUT2D eigenvalue weighted by molar-refractivity contribution is 8.76. The molecule has 0 aromatic carbocycles. The van der Waals surface area contributed by atoms with Gasteiger partial charge >= 0.3 is 11.9 Å². The van der Waals surface area contributed by atoms with Crippen LogP contribution in [0.3, 0.4) is 0 Å². The van der Waals surface area contributed by atoms with Gasteiger partial charge in [0, 0.05) is 50.9 Å². The number of hydrogen-bond acceptors (Lipinski definition) is 11. The molecule has 0 radical (unpaired) electrons. The van der Waals surface area contributed by atoms with Crippen molar-refractivity contribution in [2.75, 3.05) is 37.8 Å². The predicted octanol–water partition coefficient (Wildman–Crippen LogP) is 1.96. The lowest BCUT2D eigenvalue weighted by Crippen LogP contribution is -2.94. The molecule has 0 aromatic rings. The van der Waals surface area contributed by atoms with Crippen LogP contribution in [0, 0.1) is 35.0 Å². The Kier molecular flexibility index (Phi) is 16.6. The number of aliphatic hydroxyl groups excluding tert-OH is 2. The van der Waals surface area contributed by atoms with Crippen molar-refractivity contribution in [3.63, 3.8) is 0 Å². The molecule has 3 saturated heterocycles. The normalized spacial score (nSPS) is 40.9. The molecule has 12 nitrogen and oxygen atoms in total. The van der Waals surface area contributed by atoms with Crippen molar-refractivity contribution < 1.29 is 39.6 Å². The fraction of sp³-hybridized carbons (Fsp3) is 0.927. The molecule has 314 valence electrons. The highest BCUT2D eigenvalue weighted by Gasteiger charge is 2.51. The Morgan fingerprint density at radius 3 is 2.67 bits per heavy atom. The molecule has 55 heavy (non-hydrogen) atoms. The lowest BCUT2D eigenvalue weighted by molar-refractivity contribution is -0.699. The molecule has 1 amide bonds. The maximum absolute atomic E-state index is 14.1. The van der Waals surface area contributed by atoms with Crippen LogP contribution in [0.25, 0.3) is 0 Å². The van der Waals surface area contributed by atoms with Crippen molar-refractivity contribution in [3.8, 4) is 0 Å². The minimum absolute atomic E-state index is 0.0975. The van der Waals surface area contributed by atoms with Crippen LogP contribution >= 0.6 is 21.6 Å². The number of piperidine rings is 1. The van der Waals surface area contributed by atoms with E-state index in [-0.39, 0.29) is 59.5 Å². The zero-order chi connectivity index (χ0) is 38.8. The fourth-order valence-electron chi connectivity index (χ4n) is 11.4. The van der Waals surface area contributed by atoms with Gasteiger partial charge in [0.15, 0.2) is 0 Å². The number of fused-ring (bicyclic) bond motifs is 7. The van der Waals surface area contributed by atoms with Crippen LogP contribution in [-0.4, -0.2) is 107 Å². The number of rotatable bonds is 3. The van der Waals surface area contributed by atoms with Gasteiger partial charge in [-0.15, -0.1) is 0 Å².